The Balaban J connectivity index is 1.29. The van der Waals surface area contributed by atoms with E-state index in [9.17, 15) is 22.0 Å². The molecule has 2 aliphatic rings. The molecule has 0 bridgehead atoms. The van der Waals surface area contributed by atoms with Crippen LogP contribution in [0.3, 0.4) is 0 Å². The van der Waals surface area contributed by atoms with Crippen LogP contribution in [0.5, 0.6) is 0 Å². The molecule has 4 aromatic heterocycles. The first-order valence-corrected chi connectivity index (χ1v) is 21.0. The van der Waals surface area contributed by atoms with Gasteiger partial charge in [0.1, 0.15) is 35.2 Å². The normalized spacial score (nSPS) is 17.6. The van der Waals surface area contributed by atoms with E-state index in [1.165, 1.54) is 18.5 Å². The summed E-state index contributed by atoms with van der Waals surface area (Å²) in [6, 6.07) is 8.36. The average Bonchev–Trinajstić information content (AvgIpc) is 3.36. The van der Waals surface area contributed by atoms with Crippen LogP contribution in [-0.2, 0) is 46.4 Å². The molecular formula is C40H39ClF5N9O3S. The van der Waals surface area contributed by atoms with Crippen LogP contribution in [0, 0.1) is 17.6 Å². The number of benzene rings is 2. The van der Waals surface area contributed by atoms with Gasteiger partial charge in [0.2, 0.25) is 15.9 Å². The van der Waals surface area contributed by atoms with Gasteiger partial charge >= 0.3 is 0 Å². The van der Waals surface area contributed by atoms with Gasteiger partial charge in [-0.15, -0.1) is 0 Å². The summed E-state index contributed by atoms with van der Waals surface area (Å²) in [6.45, 7) is 5.61. The number of pyridine rings is 1. The lowest BCUT2D eigenvalue weighted by Gasteiger charge is -2.23. The maximum atomic E-state index is 15.7. The predicted octanol–water partition coefficient (Wildman–Crippen LogP) is 8.09. The quantitative estimate of drug-likeness (QED) is 0.119. The summed E-state index contributed by atoms with van der Waals surface area (Å²) in [7, 11) is -2.22. The van der Waals surface area contributed by atoms with Crippen molar-refractivity contribution in [3.8, 4) is 22.4 Å². The molecule has 1 amide bonds. The van der Waals surface area contributed by atoms with Crippen molar-refractivity contribution >= 4 is 44.3 Å². The molecule has 310 valence electrons. The molecule has 0 radical (unpaired) electrons. The molecule has 8 rings (SSSR count). The highest BCUT2D eigenvalue weighted by molar-refractivity contribution is 7.92. The summed E-state index contributed by atoms with van der Waals surface area (Å²) in [5.74, 6) is -7.52. The lowest BCUT2D eigenvalue weighted by Crippen LogP contribution is -2.35. The first-order chi connectivity index (χ1) is 27.6. The largest absolute Gasteiger partial charge is 0.346 e. The number of halogens is 6. The van der Waals surface area contributed by atoms with Crippen molar-refractivity contribution in [3.05, 3.63) is 99.7 Å². The van der Waals surface area contributed by atoms with Crippen molar-refractivity contribution in [2.24, 2.45) is 13.0 Å². The lowest BCUT2D eigenvalue weighted by molar-refractivity contribution is -0.123. The third kappa shape index (κ3) is 7.45. The summed E-state index contributed by atoms with van der Waals surface area (Å²) in [5.41, 5.74) is -0.0664. The maximum absolute atomic E-state index is 15.7. The van der Waals surface area contributed by atoms with Crippen LogP contribution in [0.15, 0.2) is 54.9 Å². The summed E-state index contributed by atoms with van der Waals surface area (Å²) in [4.78, 5) is 19.2. The van der Waals surface area contributed by atoms with Crippen molar-refractivity contribution < 1.29 is 35.2 Å². The molecule has 1 fully saturated rings. The van der Waals surface area contributed by atoms with E-state index in [4.69, 9.17) is 16.6 Å². The molecule has 1 saturated carbocycles. The van der Waals surface area contributed by atoms with Gasteiger partial charge in [-0.1, -0.05) is 23.7 Å². The number of rotatable bonds is 12. The van der Waals surface area contributed by atoms with Crippen LogP contribution in [0.25, 0.3) is 33.3 Å². The van der Waals surface area contributed by atoms with E-state index in [2.05, 4.69) is 25.3 Å². The number of carbonyl (C=O) groups is 1. The molecule has 4 heterocycles. The second-order valence-corrected chi connectivity index (χ2v) is 18.2. The second kappa shape index (κ2) is 14.1. The third-order valence-electron chi connectivity index (χ3n) is 10.7. The fourth-order valence-electron chi connectivity index (χ4n) is 8.10. The van der Waals surface area contributed by atoms with Crippen LogP contribution in [0.2, 0.25) is 5.02 Å². The van der Waals surface area contributed by atoms with E-state index < -0.39 is 69.3 Å². The van der Waals surface area contributed by atoms with E-state index in [1.807, 2.05) is 13.8 Å². The van der Waals surface area contributed by atoms with E-state index in [0.29, 0.717) is 34.0 Å². The smallest absolute Gasteiger partial charge is 0.293 e. The molecule has 0 saturated heterocycles. The number of hydrogen-bond acceptors (Lipinski definition) is 7. The third-order valence-corrected chi connectivity index (χ3v) is 11.6. The first-order valence-electron chi connectivity index (χ1n) is 18.7. The topological polar surface area (TPSA) is 142 Å². The fourth-order valence-corrected chi connectivity index (χ4v) is 8.84. The number of carbonyl (C=O) groups excluding carboxylic acids is 1. The van der Waals surface area contributed by atoms with E-state index >= 15 is 13.2 Å². The summed E-state index contributed by atoms with van der Waals surface area (Å²) < 4.78 is 107. The van der Waals surface area contributed by atoms with Gasteiger partial charge in [-0.25, -0.2) is 26.6 Å². The Bertz CT molecular complexity index is 2770. The van der Waals surface area contributed by atoms with Crippen LogP contribution < -0.4 is 10.0 Å². The van der Waals surface area contributed by atoms with Gasteiger partial charge in [-0.3, -0.25) is 23.6 Å². The molecule has 2 N–H and O–H groups in total. The Morgan fingerprint density at radius 2 is 1.76 bits per heavy atom. The summed E-state index contributed by atoms with van der Waals surface area (Å²) in [6.07, 6.45) is 4.31. The zero-order valence-electron chi connectivity index (χ0n) is 32.7. The number of nitrogens with zero attached hydrogens (tertiary/aromatic N) is 7. The number of hydrogen-bond donors (Lipinski definition) is 2. The average molecular weight is 856 g/mol. The molecule has 0 spiro atoms. The minimum Gasteiger partial charge on any atom is -0.346 e. The second-order valence-electron chi connectivity index (χ2n) is 16.0. The number of sulfonamides is 1. The van der Waals surface area contributed by atoms with Gasteiger partial charge < -0.3 is 5.32 Å². The van der Waals surface area contributed by atoms with Gasteiger partial charge in [0, 0.05) is 53.5 Å². The fraction of sp³-hybridized carbons (Fsp3) is 0.375. The predicted molar refractivity (Wildman–Crippen MR) is 211 cm³/mol. The Morgan fingerprint density at radius 1 is 1.07 bits per heavy atom. The zero-order valence-corrected chi connectivity index (χ0v) is 34.2. The van der Waals surface area contributed by atoms with Gasteiger partial charge in [-0.05, 0) is 76.3 Å². The van der Waals surface area contributed by atoms with E-state index in [1.54, 1.807) is 48.4 Å². The van der Waals surface area contributed by atoms with Gasteiger partial charge in [0.25, 0.3) is 5.92 Å². The molecule has 3 atom stereocenters. The molecule has 59 heavy (non-hydrogen) atoms. The maximum Gasteiger partial charge on any atom is 0.293 e. The molecule has 6 aromatic rings. The molecule has 2 aromatic carbocycles. The van der Waals surface area contributed by atoms with Crippen molar-refractivity contribution in [2.45, 2.75) is 76.7 Å². The SMILES string of the molecule is CC(C)n1cc(-c2ccc(-c3ccc(Cl)c4c(NS(C)(=O)=O)nn(C)c34)c([C@H](Cc3cc(F)cc(F)c3)NC(=O)Cn3nc(C(C)(C)F)c4c3C(F)(F)[C@@H]3CC43)n2)cn1. The van der Waals surface area contributed by atoms with Gasteiger partial charge in [0.15, 0.2) is 5.82 Å². The molecule has 1 unspecified atom stereocenters. The highest BCUT2D eigenvalue weighted by Crippen LogP contribution is 2.68. The van der Waals surface area contributed by atoms with Crippen LogP contribution in [0.4, 0.5) is 27.8 Å². The molecular weight excluding hydrogens is 817 g/mol. The monoisotopic (exact) mass is 855 g/mol. The Kier molecular flexibility index (Phi) is 9.69. The van der Waals surface area contributed by atoms with Gasteiger partial charge in [-0.2, -0.15) is 24.1 Å². The van der Waals surface area contributed by atoms with Crippen molar-refractivity contribution in [3.63, 3.8) is 0 Å². The highest BCUT2D eigenvalue weighted by atomic mass is 35.5. The minimum absolute atomic E-state index is 0.00448. The highest BCUT2D eigenvalue weighted by Gasteiger charge is 2.67. The Morgan fingerprint density at radius 3 is 2.41 bits per heavy atom. The first kappa shape index (κ1) is 40.4. The summed E-state index contributed by atoms with van der Waals surface area (Å²) in [5, 5.41) is 16.4. The van der Waals surface area contributed by atoms with Gasteiger partial charge in [0.05, 0.1) is 45.8 Å². The standard InChI is InChI=1S/C40H39ClF5N9O3S/c1-19(2)54-17-21(16-47-54)29-10-8-24(25-7-9-28(41)33-35(25)53(5)51-38(33)52-59(6,57)58)34(49-29)30(13-20-11-22(42)14-23(43)12-20)48-31(56)18-55-37-32(36(50-55)39(3,4)44)26-15-27(26)40(37,45)46/h7-12,14,16-17,19,26-27,30H,13,15,18H2,1-6H3,(H,48,56)(H,51,52)/t26?,27-,30+/m1/s1. The number of alkyl halides is 3. The molecule has 0 aliphatic heterocycles. The van der Waals surface area contributed by atoms with Crippen LogP contribution in [-0.4, -0.2) is 54.9 Å². The van der Waals surface area contributed by atoms with Crippen LogP contribution in [0.1, 0.15) is 80.3 Å². The summed E-state index contributed by atoms with van der Waals surface area (Å²) >= 11 is 6.66. The number of anilines is 1. The molecule has 2 aliphatic carbocycles. The zero-order chi connectivity index (χ0) is 42.5. The number of aromatic nitrogens is 7. The number of fused-ring (bicyclic) bond motifs is 4. The Hall–Kier alpha value is -5.36. The van der Waals surface area contributed by atoms with E-state index in [-0.39, 0.29) is 57.6 Å². The van der Waals surface area contributed by atoms with Crippen LogP contribution >= 0.6 is 11.6 Å². The Labute approximate surface area is 340 Å². The molecule has 19 heteroatoms. The van der Waals surface area contributed by atoms with E-state index in [0.717, 1.165) is 23.1 Å². The minimum atomic E-state index is -3.80. The van der Waals surface area contributed by atoms with Crippen molar-refractivity contribution in [1.29, 1.82) is 0 Å². The lowest BCUT2D eigenvalue weighted by atomic mass is 9.93. The van der Waals surface area contributed by atoms with Crippen molar-refractivity contribution in [2.75, 3.05) is 11.0 Å². The number of aryl methyl sites for hydroxylation is 1. The molecule has 12 nitrogen and oxygen atoms in total. The number of amides is 1. The van der Waals surface area contributed by atoms with Crippen molar-refractivity contribution in [1.82, 2.24) is 39.6 Å². The number of nitrogens with one attached hydrogen (secondary N) is 2.